The van der Waals surface area contributed by atoms with Crippen LogP contribution in [0.4, 0.5) is 0 Å². The Hall–Kier alpha value is -0.280. The van der Waals surface area contributed by atoms with Crippen LogP contribution >= 0.6 is 12.4 Å². The Morgan fingerprint density at radius 2 is 1.94 bits per heavy atom. The highest BCUT2D eigenvalue weighted by Crippen LogP contribution is 2.15. The van der Waals surface area contributed by atoms with Crippen LogP contribution in [0.3, 0.4) is 0 Å². The molecule has 0 radical (unpaired) electrons. The topological polar surface area (TPSA) is 32.3 Å². The molecule has 1 heterocycles. The first-order valence-electron chi connectivity index (χ1n) is 6.14. The minimum atomic E-state index is 0. The van der Waals surface area contributed by atoms with Crippen LogP contribution in [0, 0.1) is 11.8 Å². The smallest absolute Gasteiger partial charge is 0.225 e. The molecule has 0 bridgehead atoms. The number of nitrogens with one attached hydrogen (secondary N) is 1. The summed E-state index contributed by atoms with van der Waals surface area (Å²) in [5.41, 5.74) is 0. The third-order valence-electron chi connectivity index (χ3n) is 2.97. The zero-order valence-corrected chi connectivity index (χ0v) is 11.5. The Bertz CT molecular complexity index is 203. The molecular formula is C12H25ClN2O. The Kier molecular flexibility index (Phi) is 7.77. The Labute approximate surface area is 105 Å². The fourth-order valence-corrected chi connectivity index (χ4v) is 2.14. The van der Waals surface area contributed by atoms with Crippen LogP contribution in [0.25, 0.3) is 0 Å². The molecule has 3 nitrogen and oxygen atoms in total. The van der Waals surface area contributed by atoms with Crippen molar-refractivity contribution in [1.82, 2.24) is 10.2 Å². The van der Waals surface area contributed by atoms with Gasteiger partial charge in [0.25, 0.3) is 0 Å². The van der Waals surface area contributed by atoms with Crippen LogP contribution in [-0.2, 0) is 4.79 Å². The summed E-state index contributed by atoms with van der Waals surface area (Å²) in [6.07, 6.45) is 2.01. The van der Waals surface area contributed by atoms with Gasteiger partial charge in [0.15, 0.2) is 0 Å². The van der Waals surface area contributed by atoms with Gasteiger partial charge in [0, 0.05) is 19.0 Å². The number of piperidine rings is 1. The van der Waals surface area contributed by atoms with Gasteiger partial charge in [0.05, 0.1) is 0 Å². The van der Waals surface area contributed by atoms with Crippen LogP contribution < -0.4 is 5.32 Å². The highest BCUT2D eigenvalue weighted by Gasteiger charge is 2.25. The lowest BCUT2D eigenvalue weighted by molar-refractivity contribution is -0.136. The van der Waals surface area contributed by atoms with Gasteiger partial charge in [-0.15, -0.1) is 12.4 Å². The molecule has 16 heavy (non-hydrogen) atoms. The maximum Gasteiger partial charge on any atom is 0.225 e. The summed E-state index contributed by atoms with van der Waals surface area (Å²) in [6, 6.07) is 0. The van der Waals surface area contributed by atoms with E-state index in [2.05, 4.69) is 26.1 Å². The van der Waals surface area contributed by atoms with Gasteiger partial charge in [-0.05, 0) is 38.8 Å². The van der Waals surface area contributed by atoms with Crippen molar-refractivity contribution in [3.63, 3.8) is 0 Å². The van der Waals surface area contributed by atoms with Crippen LogP contribution in [0.1, 0.15) is 33.6 Å². The summed E-state index contributed by atoms with van der Waals surface area (Å²) in [6.45, 7) is 10.1. The molecule has 1 saturated heterocycles. The second kappa shape index (κ2) is 7.91. The van der Waals surface area contributed by atoms with Crippen molar-refractivity contribution in [2.24, 2.45) is 11.8 Å². The molecule has 0 unspecified atom stereocenters. The van der Waals surface area contributed by atoms with Crippen LogP contribution in [0.2, 0.25) is 0 Å². The fourth-order valence-electron chi connectivity index (χ4n) is 2.14. The van der Waals surface area contributed by atoms with Gasteiger partial charge in [-0.1, -0.05) is 13.8 Å². The lowest BCUT2D eigenvalue weighted by Crippen LogP contribution is -2.42. The normalized spacial score (nSPS) is 17.0. The van der Waals surface area contributed by atoms with Gasteiger partial charge in [-0.25, -0.2) is 0 Å². The molecule has 0 saturated carbocycles. The van der Waals surface area contributed by atoms with Crippen LogP contribution in [0.15, 0.2) is 0 Å². The third-order valence-corrected chi connectivity index (χ3v) is 2.97. The molecule has 1 amide bonds. The first-order valence-corrected chi connectivity index (χ1v) is 6.14. The predicted molar refractivity (Wildman–Crippen MR) is 69.9 cm³/mol. The zero-order chi connectivity index (χ0) is 11.3. The maximum atomic E-state index is 12.2. The van der Waals surface area contributed by atoms with Crippen molar-refractivity contribution < 1.29 is 4.79 Å². The summed E-state index contributed by atoms with van der Waals surface area (Å²) in [5.74, 6) is 1.20. The molecule has 0 aromatic rings. The molecule has 0 aliphatic carbocycles. The molecule has 0 aromatic carbocycles. The third kappa shape index (κ3) is 4.71. The maximum absolute atomic E-state index is 12.2. The first-order chi connectivity index (χ1) is 7.15. The molecular weight excluding hydrogens is 224 g/mol. The quantitative estimate of drug-likeness (QED) is 0.825. The molecule has 1 N–H and O–H groups in total. The van der Waals surface area contributed by atoms with Crippen molar-refractivity contribution in [2.75, 3.05) is 26.2 Å². The van der Waals surface area contributed by atoms with Gasteiger partial charge in [0.1, 0.15) is 0 Å². The van der Waals surface area contributed by atoms with Crippen molar-refractivity contribution in [1.29, 1.82) is 0 Å². The number of hydrogen-bond acceptors (Lipinski definition) is 2. The highest BCUT2D eigenvalue weighted by atomic mass is 35.5. The molecule has 0 aromatic heterocycles. The lowest BCUT2D eigenvalue weighted by atomic mass is 9.96. The van der Waals surface area contributed by atoms with Crippen LogP contribution in [-0.4, -0.2) is 37.0 Å². The van der Waals surface area contributed by atoms with Crippen molar-refractivity contribution in [3.8, 4) is 0 Å². The average molecular weight is 249 g/mol. The Balaban J connectivity index is 0.00000225. The minimum Gasteiger partial charge on any atom is -0.342 e. The van der Waals surface area contributed by atoms with E-state index >= 15 is 0 Å². The van der Waals surface area contributed by atoms with Crippen molar-refractivity contribution in [2.45, 2.75) is 33.6 Å². The number of nitrogens with zero attached hydrogens (tertiary/aromatic N) is 1. The highest BCUT2D eigenvalue weighted by molar-refractivity contribution is 5.85. The van der Waals surface area contributed by atoms with Gasteiger partial charge in [-0.2, -0.15) is 0 Å². The number of halogens is 1. The number of amides is 1. The fraction of sp³-hybridized carbons (Fsp3) is 0.917. The number of rotatable bonds is 4. The van der Waals surface area contributed by atoms with Gasteiger partial charge in [-0.3, -0.25) is 4.79 Å². The Morgan fingerprint density at radius 3 is 2.38 bits per heavy atom. The molecule has 1 aliphatic rings. The molecule has 96 valence electrons. The largest absolute Gasteiger partial charge is 0.342 e. The SMILES string of the molecule is CCN(CC(C)C)C(=O)C1CCNCC1.Cl. The van der Waals surface area contributed by atoms with E-state index in [0.717, 1.165) is 39.0 Å². The first kappa shape index (κ1) is 15.7. The summed E-state index contributed by atoms with van der Waals surface area (Å²) >= 11 is 0. The van der Waals surface area contributed by atoms with E-state index in [1.165, 1.54) is 0 Å². The monoisotopic (exact) mass is 248 g/mol. The minimum absolute atomic E-state index is 0. The Morgan fingerprint density at radius 1 is 1.38 bits per heavy atom. The molecule has 0 spiro atoms. The molecule has 1 aliphatic heterocycles. The van der Waals surface area contributed by atoms with E-state index in [1.54, 1.807) is 0 Å². The van der Waals surface area contributed by atoms with Crippen molar-refractivity contribution in [3.05, 3.63) is 0 Å². The summed E-state index contributed by atoms with van der Waals surface area (Å²) < 4.78 is 0. The second-order valence-electron chi connectivity index (χ2n) is 4.79. The molecule has 1 fully saturated rings. The predicted octanol–water partition coefficient (Wildman–Crippen LogP) is 1.91. The molecule has 4 heteroatoms. The molecule has 0 atom stereocenters. The van der Waals surface area contributed by atoms with Gasteiger partial charge >= 0.3 is 0 Å². The van der Waals surface area contributed by atoms with E-state index in [-0.39, 0.29) is 18.3 Å². The standard InChI is InChI=1S/C12H24N2O.ClH/c1-4-14(9-10(2)3)12(15)11-5-7-13-8-6-11;/h10-11,13H,4-9H2,1-3H3;1H. The summed E-state index contributed by atoms with van der Waals surface area (Å²) in [4.78, 5) is 14.2. The average Bonchev–Trinajstić information content (AvgIpc) is 2.26. The van der Waals surface area contributed by atoms with Crippen molar-refractivity contribution >= 4 is 18.3 Å². The summed E-state index contributed by atoms with van der Waals surface area (Å²) in [5, 5.41) is 3.30. The van der Waals surface area contributed by atoms with E-state index in [1.807, 2.05) is 4.90 Å². The van der Waals surface area contributed by atoms with Crippen LogP contribution in [0.5, 0.6) is 0 Å². The van der Waals surface area contributed by atoms with Gasteiger partial charge in [0.2, 0.25) is 5.91 Å². The van der Waals surface area contributed by atoms with E-state index < -0.39 is 0 Å². The van der Waals surface area contributed by atoms with E-state index in [0.29, 0.717) is 11.8 Å². The van der Waals surface area contributed by atoms with Gasteiger partial charge < -0.3 is 10.2 Å². The lowest BCUT2D eigenvalue weighted by Gasteiger charge is -2.29. The second-order valence-corrected chi connectivity index (χ2v) is 4.79. The van der Waals surface area contributed by atoms with E-state index in [9.17, 15) is 4.79 Å². The number of carbonyl (C=O) groups is 1. The summed E-state index contributed by atoms with van der Waals surface area (Å²) in [7, 11) is 0. The molecule has 1 rings (SSSR count). The van der Waals surface area contributed by atoms with E-state index in [4.69, 9.17) is 0 Å². The zero-order valence-electron chi connectivity index (χ0n) is 10.7. The number of carbonyl (C=O) groups excluding carboxylic acids is 1. The number of hydrogen-bond donors (Lipinski definition) is 1.